The Morgan fingerprint density at radius 3 is 2.67 bits per heavy atom. The van der Waals surface area contributed by atoms with Crippen molar-refractivity contribution in [3.8, 4) is 11.5 Å². The number of quaternary nitrogens is 1. The van der Waals surface area contributed by atoms with Gasteiger partial charge in [0.1, 0.15) is 29.7 Å². The van der Waals surface area contributed by atoms with Crippen LogP contribution in [0.25, 0.3) is 0 Å². The molecular weight excluding hydrogens is 741 g/mol. The summed E-state index contributed by atoms with van der Waals surface area (Å²) >= 11 is 8.43. The Bertz CT molecular complexity index is 1860. The SMILES string of the molecule is C[C@H](O/N=C(\C(=O)N[C@@H]1C(=O)N2C(C(=O)[O-])=C(C[N+]34CCC[C@H]3CN(C(=O)c3ccc(O)c(O)c3Cl)CC4)CS[C@H]12)c1csc(N)n1)C(=O)[O-].[Na+]. The van der Waals surface area contributed by atoms with E-state index < -0.39 is 64.4 Å². The molecule has 6 rings (SSSR count). The van der Waals surface area contributed by atoms with Crippen LogP contribution in [0.15, 0.2) is 33.9 Å². The molecule has 266 valence electrons. The van der Waals surface area contributed by atoms with Crippen LogP contribution in [0.5, 0.6) is 11.5 Å². The molecule has 1 unspecified atom stereocenters. The summed E-state index contributed by atoms with van der Waals surface area (Å²) in [6, 6.07) is 1.37. The van der Waals surface area contributed by atoms with Gasteiger partial charge >= 0.3 is 29.6 Å². The van der Waals surface area contributed by atoms with Gasteiger partial charge in [-0.2, -0.15) is 0 Å². The maximum atomic E-state index is 13.4. The summed E-state index contributed by atoms with van der Waals surface area (Å²) in [4.78, 5) is 75.4. The van der Waals surface area contributed by atoms with E-state index in [0.717, 1.165) is 42.5 Å². The Labute approximate surface area is 325 Å². The minimum absolute atomic E-state index is 0. The maximum Gasteiger partial charge on any atom is 1.00 e. The van der Waals surface area contributed by atoms with Gasteiger partial charge in [-0.15, -0.1) is 23.1 Å². The molecule has 3 amide bonds. The molecule has 0 saturated carbocycles. The number of phenolic OH excluding ortho intramolecular Hbond substituents is 2. The van der Waals surface area contributed by atoms with E-state index in [4.69, 9.17) is 22.2 Å². The second-order valence-corrected chi connectivity index (χ2v) is 14.7. The first-order chi connectivity index (χ1) is 23.7. The van der Waals surface area contributed by atoms with Gasteiger partial charge in [0.05, 0.1) is 54.4 Å². The number of piperazine rings is 1. The van der Waals surface area contributed by atoms with Crippen molar-refractivity contribution in [2.45, 2.75) is 43.3 Å². The maximum absolute atomic E-state index is 13.4. The summed E-state index contributed by atoms with van der Waals surface area (Å²) in [5, 5.41) is 50.1. The van der Waals surface area contributed by atoms with Crippen molar-refractivity contribution in [2.75, 3.05) is 44.2 Å². The fraction of sp³-hybridized carbons (Fsp3) is 0.433. The first-order valence-electron chi connectivity index (χ1n) is 15.4. The largest absolute Gasteiger partial charge is 1.00 e. The van der Waals surface area contributed by atoms with Crippen molar-refractivity contribution in [1.82, 2.24) is 20.1 Å². The van der Waals surface area contributed by atoms with Crippen LogP contribution in [-0.4, -0.2) is 127 Å². The number of carboxylic acids is 2. The van der Waals surface area contributed by atoms with E-state index in [1.54, 1.807) is 4.90 Å². The number of benzene rings is 1. The molecule has 1 aromatic carbocycles. The first-order valence-corrected chi connectivity index (χ1v) is 17.7. The first kappa shape index (κ1) is 38.6. The number of carbonyl (C=O) groups excluding carboxylic acids is 5. The zero-order chi connectivity index (χ0) is 36.1. The third-order valence-electron chi connectivity index (χ3n) is 9.42. The van der Waals surface area contributed by atoms with E-state index in [-0.39, 0.29) is 68.5 Å². The van der Waals surface area contributed by atoms with E-state index in [0.29, 0.717) is 36.2 Å². The van der Waals surface area contributed by atoms with Gasteiger partial charge in [-0.3, -0.25) is 19.3 Å². The predicted molar refractivity (Wildman–Crippen MR) is 174 cm³/mol. The normalized spacial score (nSPS) is 24.9. The molecule has 5 N–H and O–H groups in total. The number of rotatable bonds is 10. The number of phenols is 2. The molecule has 21 heteroatoms. The number of nitrogens with two attached hydrogens (primary N) is 1. The van der Waals surface area contributed by atoms with Gasteiger partial charge in [0.15, 0.2) is 28.4 Å². The van der Waals surface area contributed by atoms with Crippen molar-refractivity contribution in [3.05, 3.63) is 45.1 Å². The number of amides is 3. The molecule has 17 nitrogen and oxygen atoms in total. The molecule has 4 aliphatic rings. The van der Waals surface area contributed by atoms with E-state index in [1.807, 2.05) is 0 Å². The smallest absolute Gasteiger partial charge is 0.546 e. The van der Waals surface area contributed by atoms with Gasteiger partial charge in [-0.25, -0.2) is 4.98 Å². The molecule has 0 radical (unpaired) electrons. The molecule has 5 heterocycles. The number of aromatic nitrogens is 1. The van der Waals surface area contributed by atoms with Crippen LogP contribution in [0.1, 0.15) is 35.8 Å². The van der Waals surface area contributed by atoms with Crippen LogP contribution < -0.4 is 50.8 Å². The van der Waals surface area contributed by atoms with Crippen LogP contribution in [0.4, 0.5) is 5.13 Å². The Kier molecular flexibility index (Phi) is 11.5. The van der Waals surface area contributed by atoms with Crippen molar-refractivity contribution in [3.63, 3.8) is 0 Å². The van der Waals surface area contributed by atoms with E-state index in [2.05, 4.69) is 15.5 Å². The fourth-order valence-corrected chi connectivity index (χ4v) is 8.97. The molecule has 51 heavy (non-hydrogen) atoms. The average molecular weight is 772 g/mol. The zero-order valence-corrected chi connectivity index (χ0v) is 31.8. The number of fused-ring (bicyclic) bond motifs is 2. The number of nitrogens with one attached hydrogen (secondary N) is 1. The summed E-state index contributed by atoms with van der Waals surface area (Å²) < 4.78 is 0.513. The number of halogens is 1. The number of aliphatic carboxylic acids is 2. The van der Waals surface area contributed by atoms with Gasteiger partial charge in [0, 0.05) is 29.5 Å². The molecular formula is C30H31ClN7NaO10S2. The summed E-state index contributed by atoms with van der Waals surface area (Å²) in [7, 11) is 0. The van der Waals surface area contributed by atoms with Crippen molar-refractivity contribution in [2.24, 2.45) is 5.16 Å². The Morgan fingerprint density at radius 1 is 1.25 bits per heavy atom. The molecule has 3 saturated heterocycles. The number of nitrogens with zero attached hydrogens (tertiary/aromatic N) is 5. The molecule has 3 fully saturated rings. The quantitative estimate of drug-likeness (QED) is 0.0443. The topological polar surface area (TPSA) is 251 Å². The third-order valence-corrected chi connectivity index (χ3v) is 11.8. The number of anilines is 1. The third kappa shape index (κ3) is 7.24. The van der Waals surface area contributed by atoms with Gasteiger partial charge in [0.2, 0.25) is 0 Å². The number of hydrogen-bond acceptors (Lipinski definition) is 15. The van der Waals surface area contributed by atoms with Crippen LogP contribution in [0.2, 0.25) is 5.02 Å². The standard InChI is InChI=1S/C30H32ClN7O10S2.Na/c1-13(28(44)45)48-35-20(17-12-50-30(32)33-17)24(41)34-21-26(43)37-22(29(46)47)14(11-49-27(21)37)10-38-7-2-3-15(38)9-36(6-8-38)25(42)16-4-5-18(39)23(40)19(16)31;/h4-5,12-13,15,21,27H,2-3,6-11H2,1H3,(H6-,32,33,34,35,39,40,41,42,44,45,46,47);/q;+1/p-1/t13-,15-,21+,27+,38?;/m0./s1. The van der Waals surface area contributed by atoms with Crippen LogP contribution >= 0.6 is 34.7 Å². The number of β-lactam (4-membered cyclic amide) rings is 1. The minimum atomic E-state index is -1.58. The number of hydrogen-bond donors (Lipinski definition) is 4. The van der Waals surface area contributed by atoms with E-state index in [9.17, 15) is 44.4 Å². The van der Waals surface area contributed by atoms with Crippen molar-refractivity contribution in [1.29, 1.82) is 0 Å². The minimum Gasteiger partial charge on any atom is -0.546 e. The number of nitrogen functional groups attached to an aromatic ring is 1. The molecule has 0 spiro atoms. The zero-order valence-electron chi connectivity index (χ0n) is 27.4. The van der Waals surface area contributed by atoms with Gasteiger partial charge in [-0.1, -0.05) is 16.8 Å². The summed E-state index contributed by atoms with van der Waals surface area (Å²) in [5.41, 5.74) is 5.55. The number of oxime groups is 1. The Hall–Kier alpha value is -3.59. The van der Waals surface area contributed by atoms with Crippen LogP contribution in [0.3, 0.4) is 0 Å². The Balaban J connectivity index is 0.00000504. The van der Waals surface area contributed by atoms with Crippen LogP contribution in [-0.2, 0) is 24.0 Å². The second kappa shape index (κ2) is 15.2. The number of carboxylic acid groups (broad SMARTS) is 2. The predicted octanol–water partition coefficient (Wildman–Crippen LogP) is -4.81. The molecule has 0 aliphatic carbocycles. The number of aromatic hydroxyl groups is 2. The summed E-state index contributed by atoms with van der Waals surface area (Å²) in [6.07, 6.45) is 0.113. The Morgan fingerprint density at radius 2 is 2.00 bits per heavy atom. The summed E-state index contributed by atoms with van der Waals surface area (Å²) in [6.45, 7) is 3.39. The van der Waals surface area contributed by atoms with Gasteiger partial charge < -0.3 is 55.3 Å². The molecule has 4 aliphatic heterocycles. The van der Waals surface area contributed by atoms with E-state index >= 15 is 0 Å². The monoisotopic (exact) mass is 771 g/mol. The molecule has 1 aromatic heterocycles. The molecule has 5 atom stereocenters. The molecule has 0 bridgehead atoms. The fourth-order valence-electron chi connectivity index (χ4n) is 6.84. The summed E-state index contributed by atoms with van der Waals surface area (Å²) in [5.74, 6) is -5.89. The van der Waals surface area contributed by atoms with E-state index in [1.165, 1.54) is 29.3 Å². The van der Waals surface area contributed by atoms with Crippen molar-refractivity contribution < 1.29 is 83.3 Å². The van der Waals surface area contributed by atoms with Crippen LogP contribution in [0, 0.1) is 0 Å². The van der Waals surface area contributed by atoms with Crippen molar-refractivity contribution >= 4 is 75.2 Å². The van der Waals surface area contributed by atoms with Gasteiger partial charge in [0.25, 0.3) is 17.7 Å². The van der Waals surface area contributed by atoms with Gasteiger partial charge in [-0.05, 0) is 19.1 Å². The average Bonchev–Trinajstić information content (AvgIpc) is 3.70. The number of thiazole rings is 1. The second-order valence-electron chi connectivity index (χ2n) is 12.3. The number of carbonyl (C=O) groups is 5. The molecule has 2 aromatic rings. The number of thioether (sulfide) groups is 1.